The van der Waals surface area contributed by atoms with Crippen molar-refractivity contribution in [3.8, 4) is 0 Å². The van der Waals surface area contributed by atoms with E-state index >= 15 is 0 Å². The average molecular weight is 662 g/mol. The quantitative estimate of drug-likeness (QED) is 0.0702. The molecule has 0 spiro atoms. The van der Waals surface area contributed by atoms with Gasteiger partial charge in [-0.05, 0) is 19.4 Å². The van der Waals surface area contributed by atoms with Crippen molar-refractivity contribution in [3.63, 3.8) is 0 Å². The van der Waals surface area contributed by atoms with Crippen LogP contribution in [0.3, 0.4) is 0 Å². The topological polar surface area (TPSA) is 312 Å². The fourth-order valence-corrected chi connectivity index (χ4v) is 7.31. The van der Waals surface area contributed by atoms with Crippen molar-refractivity contribution in [2.24, 2.45) is 5.11 Å². The average Bonchev–Trinajstić information content (AvgIpc) is 3.39. The predicted octanol–water partition coefficient (Wildman–Crippen LogP) is 1.28. The molecule has 5 atom stereocenters. The van der Waals surface area contributed by atoms with Gasteiger partial charge in [-0.2, -0.15) is 8.62 Å². The summed E-state index contributed by atoms with van der Waals surface area (Å²) in [4.78, 5) is 82.5. The molecule has 0 aliphatic carbocycles. The Hall–Kier alpha value is -2.54. The summed E-state index contributed by atoms with van der Waals surface area (Å²) in [6, 6.07) is 0. The number of carbonyl (C=O) groups is 1. The molecule has 3 rings (SSSR count). The standard InChI is InChI=1S/C16H21N6O15P3S/c1-7-5-22(16(25)20-14(7)23)12-3-9(35-15(24)13-11(4-18-21-17)41-8(2)19-13)10(34-12)6-33-39(29,30)37-40(31,32)36-38(26,27)28/h5,9-10,12H,3-4,6H2,1-2H3,(H,29,30)(H,31,32)(H,20,23,25)(H2,26,27,28)/t9?,10-,12-/m1/s1. The van der Waals surface area contributed by atoms with E-state index in [2.05, 4.69) is 33.1 Å². The van der Waals surface area contributed by atoms with Crippen molar-refractivity contribution in [3.05, 3.63) is 58.6 Å². The van der Waals surface area contributed by atoms with Crippen LogP contribution in [0.5, 0.6) is 0 Å². The molecule has 226 valence electrons. The zero-order valence-electron chi connectivity index (χ0n) is 20.7. The van der Waals surface area contributed by atoms with Gasteiger partial charge >= 0.3 is 35.1 Å². The van der Waals surface area contributed by atoms with Crippen LogP contribution in [0.25, 0.3) is 10.4 Å². The van der Waals surface area contributed by atoms with Crippen molar-refractivity contribution in [2.45, 2.75) is 45.2 Å². The molecule has 2 aromatic rings. The number of azide groups is 1. The van der Waals surface area contributed by atoms with Gasteiger partial charge in [-0.1, -0.05) is 5.11 Å². The number of hydrogen-bond donors (Lipinski definition) is 5. The first-order valence-corrected chi connectivity index (χ1v) is 16.2. The lowest BCUT2D eigenvalue weighted by Crippen LogP contribution is -2.33. The molecule has 2 aromatic heterocycles. The zero-order valence-corrected chi connectivity index (χ0v) is 24.2. The molecule has 41 heavy (non-hydrogen) atoms. The summed E-state index contributed by atoms with van der Waals surface area (Å²) < 4.78 is 58.6. The largest absolute Gasteiger partial charge is 0.490 e. The summed E-state index contributed by atoms with van der Waals surface area (Å²) in [6.07, 6.45) is -3.17. The highest BCUT2D eigenvalue weighted by Crippen LogP contribution is 2.66. The number of aryl methyl sites for hydroxylation is 2. The van der Waals surface area contributed by atoms with Crippen molar-refractivity contribution in [1.82, 2.24) is 14.5 Å². The molecular weight excluding hydrogens is 641 g/mol. The first kappa shape index (κ1) is 33.0. The third-order valence-corrected chi connectivity index (χ3v) is 9.75. The molecule has 1 aliphatic heterocycles. The fourth-order valence-electron chi connectivity index (χ4n) is 3.44. The van der Waals surface area contributed by atoms with Crippen LogP contribution in [0.15, 0.2) is 20.9 Å². The number of hydrogen-bond acceptors (Lipinski definition) is 14. The Balaban J connectivity index is 1.85. The molecule has 0 radical (unpaired) electrons. The number of ether oxygens (including phenoxy) is 2. The van der Waals surface area contributed by atoms with E-state index in [1.165, 1.54) is 6.92 Å². The molecule has 1 saturated heterocycles. The number of carbonyl (C=O) groups excluding carboxylic acids is 1. The van der Waals surface area contributed by atoms with Gasteiger partial charge in [-0.15, -0.1) is 11.3 Å². The van der Waals surface area contributed by atoms with Gasteiger partial charge < -0.3 is 29.0 Å². The summed E-state index contributed by atoms with van der Waals surface area (Å²) in [7, 11) is -17.0. The fraction of sp³-hybridized carbons (Fsp3) is 0.500. The Labute approximate surface area is 231 Å². The summed E-state index contributed by atoms with van der Waals surface area (Å²) in [5.41, 5.74) is 6.91. The van der Waals surface area contributed by atoms with Crippen molar-refractivity contribution in [1.29, 1.82) is 0 Å². The van der Waals surface area contributed by atoms with E-state index < -0.39 is 65.7 Å². The number of rotatable bonds is 12. The molecule has 21 nitrogen and oxygen atoms in total. The van der Waals surface area contributed by atoms with Crippen LogP contribution in [0.4, 0.5) is 0 Å². The van der Waals surface area contributed by atoms with Crippen LogP contribution in [-0.4, -0.2) is 58.9 Å². The Kier molecular flexibility index (Phi) is 10.3. The summed E-state index contributed by atoms with van der Waals surface area (Å²) in [6.45, 7) is 1.74. The van der Waals surface area contributed by atoms with Crippen molar-refractivity contribution < 1.29 is 60.7 Å². The summed E-state index contributed by atoms with van der Waals surface area (Å²) in [5, 5.41) is 3.82. The first-order chi connectivity index (χ1) is 18.9. The molecule has 0 bridgehead atoms. The number of aromatic amines is 1. The van der Waals surface area contributed by atoms with Crippen LogP contribution in [0.2, 0.25) is 0 Å². The minimum absolute atomic E-state index is 0.110. The number of esters is 1. The lowest BCUT2D eigenvalue weighted by molar-refractivity contribution is -0.0513. The molecule has 0 aromatic carbocycles. The normalized spacial score (nSPS) is 22.0. The van der Waals surface area contributed by atoms with E-state index in [1.54, 1.807) is 6.92 Å². The van der Waals surface area contributed by atoms with E-state index in [1.807, 2.05) is 0 Å². The molecule has 1 aliphatic rings. The number of nitrogens with zero attached hydrogens (tertiary/aromatic N) is 5. The van der Waals surface area contributed by atoms with Crippen molar-refractivity contribution >= 4 is 40.8 Å². The maximum Gasteiger partial charge on any atom is 0.490 e. The second-order valence-corrected chi connectivity index (χ2v) is 13.8. The van der Waals surface area contributed by atoms with Crippen LogP contribution < -0.4 is 11.2 Å². The minimum Gasteiger partial charge on any atom is -0.455 e. The molecule has 0 amide bonds. The van der Waals surface area contributed by atoms with Crippen molar-refractivity contribution in [2.75, 3.05) is 6.61 Å². The van der Waals surface area contributed by atoms with Gasteiger partial charge in [-0.25, -0.2) is 28.3 Å². The number of nitrogens with one attached hydrogen (secondary N) is 1. The van der Waals surface area contributed by atoms with E-state index in [0.717, 1.165) is 22.1 Å². The second kappa shape index (κ2) is 12.8. The SMILES string of the molecule is Cc1nc(C(=O)OC2C[C@H](n3cc(C)c(=O)[nH]c3=O)O[C@@H]2COP(=O)(O)OP(=O)(O)OP(=O)(O)O)c(CN=[N+]=[N-])s1. The van der Waals surface area contributed by atoms with E-state index in [0.29, 0.717) is 5.01 Å². The highest BCUT2D eigenvalue weighted by atomic mass is 32.1. The van der Waals surface area contributed by atoms with Crippen LogP contribution >= 0.6 is 34.8 Å². The Morgan fingerprint density at radius 1 is 1.24 bits per heavy atom. The van der Waals surface area contributed by atoms with Gasteiger partial charge in [0.25, 0.3) is 5.56 Å². The molecular formula is C16H21N6O15P3S. The van der Waals surface area contributed by atoms with Crippen LogP contribution in [0, 0.1) is 13.8 Å². The first-order valence-electron chi connectivity index (χ1n) is 10.8. The van der Waals surface area contributed by atoms with E-state index in [9.17, 15) is 37.9 Å². The Bertz CT molecular complexity index is 1630. The van der Waals surface area contributed by atoms with Crippen LogP contribution in [-0.2, 0) is 42.9 Å². The number of thiazole rings is 1. The molecule has 0 saturated carbocycles. The monoisotopic (exact) mass is 662 g/mol. The molecule has 3 unspecified atom stereocenters. The smallest absolute Gasteiger partial charge is 0.455 e. The lowest BCUT2D eigenvalue weighted by Gasteiger charge is -2.21. The highest BCUT2D eigenvalue weighted by Gasteiger charge is 2.44. The molecule has 3 heterocycles. The van der Waals surface area contributed by atoms with Crippen LogP contribution in [0.1, 0.15) is 38.6 Å². The number of phosphoric acid groups is 3. The van der Waals surface area contributed by atoms with Gasteiger partial charge in [0.1, 0.15) is 18.4 Å². The second-order valence-electron chi connectivity index (χ2n) is 8.07. The number of phosphoric ester groups is 1. The maximum absolute atomic E-state index is 13.0. The number of aromatic nitrogens is 3. The predicted molar refractivity (Wildman–Crippen MR) is 133 cm³/mol. The summed E-state index contributed by atoms with van der Waals surface area (Å²) in [5.74, 6) is -1.03. The van der Waals surface area contributed by atoms with E-state index in [-0.39, 0.29) is 29.1 Å². The van der Waals surface area contributed by atoms with Gasteiger partial charge in [-0.3, -0.25) is 18.9 Å². The zero-order chi connectivity index (χ0) is 30.8. The Morgan fingerprint density at radius 2 is 1.93 bits per heavy atom. The summed E-state index contributed by atoms with van der Waals surface area (Å²) >= 11 is 1.05. The van der Waals surface area contributed by atoms with Gasteiger partial charge in [0.15, 0.2) is 5.69 Å². The molecule has 5 N–H and O–H groups in total. The van der Waals surface area contributed by atoms with Gasteiger partial charge in [0, 0.05) is 28.0 Å². The number of H-pyrrole nitrogens is 1. The maximum atomic E-state index is 13.0. The molecule has 25 heteroatoms. The third kappa shape index (κ3) is 9.22. The van der Waals surface area contributed by atoms with Gasteiger partial charge in [0.05, 0.1) is 18.2 Å². The molecule has 1 fully saturated rings. The highest BCUT2D eigenvalue weighted by molar-refractivity contribution is 7.66. The Morgan fingerprint density at radius 3 is 2.56 bits per heavy atom. The minimum atomic E-state index is -5.81. The third-order valence-electron chi connectivity index (χ3n) is 4.99. The van der Waals surface area contributed by atoms with Gasteiger partial charge in [0.2, 0.25) is 0 Å². The van der Waals surface area contributed by atoms with E-state index in [4.69, 9.17) is 24.8 Å². The lowest BCUT2D eigenvalue weighted by atomic mass is 10.2.